The van der Waals surface area contributed by atoms with Gasteiger partial charge in [-0.05, 0) is 82.5 Å². The van der Waals surface area contributed by atoms with Gasteiger partial charge < -0.3 is 4.57 Å². The maximum absolute atomic E-state index is 12.8. The highest BCUT2D eigenvalue weighted by Crippen LogP contribution is 2.22. The average Bonchev–Trinajstić information content (AvgIpc) is 3.18. The molecule has 1 aromatic carbocycles. The van der Waals surface area contributed by atoms with Gasteiger partial charge in [-0.2, -0.15) is 5.10 Å². The molecule has 0 aliphatic heterocycles. The van der Waals surface area contributed by atoms with Crippen LogP contribution in [0.5, 0.6) is 0 Å². The lowest BCUT2D eigenvalue weighted by molar-refractivity contribution is 0.0948. The van der Waals surface area contributed by atoms with Crippen LogP contribution in [0.4, 0.5) is 0 Å². The van der Waals surface area contributed by atoms with Gasteiger partial charge in [-0.1, -0.05) is 12.1 Å². The Kier molecular flexibility index (Phi) is 5.23. The molecule has 0 saturated carbocycles. The molecule has 0 aliphatic carbocycles. The van der Waals surface area contributed by atoms with Crippen LogP contribution in [0.25, 0.3) is 11.3 Å². The van der Waals surface area contributed by atoms with Crippen molar-refractivity contribution in [1.29, 1.82) is 0 Å². The minimum Gasteiger partial charge on any atom is -0.318 e. The van der Waals surface area contributed by atoms with Gasteiger partial charge in [0.2, 0.25) is 0 Å². The van der Waals surface area contributed by atoms with E-state index in [1.807, 2.05) is 32.2 Å². The first-order valence-electron chi connectivity index (χ1n) is 10.3. The number of hydrogen-bond acceptors (Lipinski definition) is 3. The number of hydrogen-bond donors (Lipinski definition) is 1. The number of nitrogens with one attached hydrogen (secondary N) is 1. The van der Waals surface area contributed by atoms with Crippen molar-refractivity contribution in [2.75, 3.05) is 0 Å². The molecular weight excluding hydrogens is 386 g/mol. The highest BCUT2D eigenvalue weighted by Gasteiger charge is 2.16. The number of aromatic nitrogens is 3. The summed E-state index contributed by atoms with van der Waals surface area (Å²) in [5, 5.41) is 4.23. The molecule has 4 aromatic rings. The van der Waals surface area contributed by atoms with Crippen molar-refractivity contribution < 1.29 is 4.79 Å². The molecule has 1 N–H and O–H groups in total. The average molecular weight is 414 g/mol. The minimum absolute atomic E-state index is 0.283. The number of hydrazone groups is 1. The summed E-state index contributed by atoms with van der Waals surface area (Å²) < 4.78 is 4.01. The Morgan fingerprint density at radius 1 is 1.00 bits per heavy atom. The topological polar surface area (TPSA) is 63.7 Å². The van der Waals surface area contributed by atoms with Crippen LogP contribution >= 0.6 is 0 Å². The molecule has 158 valence electrons. The molecule has 0 fully saturated rings. The summed E-state index contributed by atoms with van der Waals surface area (Å²) in [6.07, 6.45) is 3.60. The van der Waals surface area contributed by atoms with Crippen LogP contribution in [-0.4, -0.2) is 26.1 Å². The molecule has 0 aliphatic rings. The molecular formula is C25H27N5O. The Morgan fingerprint density at radius 2 is 1.77 bits per heavy atom. The number of nitrogens with zero attached hydrogens (tertiary/aromatic N) is 4. The quantitative estimate of drug-likeness (QED) is 0.388. The van der Waals surface area contributed by atoms with Crippen molar-refractivity contribution in [3.63, 3.8) is 0 Å². The maximum atomic E-state index is 12.8. The van der Waals surface area contributed by atoms with Gasteiger partial charge in [0.25, 0.3) is 5.91 Å². The Morgan fingerprint density at radius 3 is 2.52 bits per heavy atom. The number of imidazole rings is 1. The van der Waals surface area contributed by atoms with E-state index >= 15 is 0 Å². The number of pyridine rings is 1. The van der Waals surface area contributed by atoms with Gasteiger partial charge in [0.15, 0.2) is 0 Å². The molecule has 6 nitrogen and oxygen atoms in total. The van der Waals surface area contributed by atoms with Gasteiger partial charge in [-0.25, -0.2) is 10.4 Å². The molecule has 3 aromatic heterocycles. The number of carbonyl (C=O) groups is 1. The molecule has 0 bridgehead atoms. The number of carbonyl (C=O) groups excluding carboxylic acids is 1. The van der Waals surface area contributed by atoms with E-state index in [0.717, 1.165) is 33.8 Å². The van der Waals surface area contributed by atoms with Gasteiger partial charge in [-0.15, -0.1) is 0 Å². The van der Waals surface area contributed by atoms with E-state index in [4.69, 9.17) is 0 Å². The van der Waals surface area contributed by atoms with Gasteiger partial charge in [-0.3, -0.25) is 9.20 Å². The third-order valence-electron chi connectivity index (χ3n) is 5.74. The molecule has 0 unspecified atom stereocenters. The van der Waals surface area contributed by atoms with Gasteiger partial charge >= 0.3 is 0 Å². The lowest BCUT2D eigenvalue weighted by Gasteiger charge is -2.11. The van der Waals surface area contributed by atoms with E-state index in [1.54, 1.807) is 10.6 Å². The Balaban J connectivity index is 1.59. The number of benzene rings is 1. The first-order valence-corrected chi connectivity index (χ1v) is 10.3. The third kappa shape index (κ3) is 3.77. The van der Waals surface area contributed by atoms with Crippen molar-refractivity contribution in [2.45, 2.75) is 41.5 Å². The number of amides is 1. The predicted octanol–water partition coefficient (Wildman–Crippen LogP) is 4.74. The molecule has 31 heavy (non-hydrogen) atoms. The number of fused-ring (bicyclic) bond motifs is 1. The van der Waals surface area contributed by atoms with Crippen LogP contribution in [0.2, 0.25) is 0 Å². The van der Waals surface area contributed by atoms with Gasteiger partial charge in [0, 0.05) is 28.8 Å². The van der Waals surface area contributed by atoms with E-state index in [-0.39, 0.29) is 5.91 Å². The molecule has 0 radical (unpaired) electrons. The van der Waals surface area contributed by atoms with Crippen molar-refractivity contribution in [3.05, 3.63) is 87.6 Å². The fourth-order valence-electron chi connectivity index (χ4n) is 3.94. The summed E-state index contributed by atoms with van der Waals surface area (Å²) >= 11 is 0. The van der Waals surface area contributed by atoms with Crippen LogP contribution in [-0.2, 0) is 0 Å². The largest absolute Gasteiger partial charge is 0.318 e. The summed E-state index contributed by atoms with van der Waals surface area (Å²) in [7, 11) is 0. The van der Waals surface area contributed by atoms with Crippen molar-refractivity contribution in [1.82, 2.24) is 19.4 Å². The van der Waals surface area contributed by atoms with Gasteiger partial charge in [0.05, 0.1) is 11.9 Å². The monoisotopic (exact) mass is 413 g/mol. The van der Waals surface area contributed by atoms with Crippen LogP contribution < -0.4 is 5.43 Å². The zero-order chi connectivity index (χ0) is 22.3. The zero-order valence-corrected chi connectivity index (χ0v) is 18.8. The highest BCUT2D eigenvalue weighted by molar-refractivity contribution is 5.95. The second-order valence-electron chi connectivity index (χ2n) is 8.11. The molecule has 0 spiro atoms. The maximum Gasteiger partial charge on any atom is 0.290 e. The van der Waals surface area contributed by atoms with Crippen molar-refractivity contribution in [2.24, 2.45) is 5.10 Å². The summed E-state index contributed by atoms with van der Waals surface area (Å²) in [6, 6.07) is 12.4. The Hall–Kier alpha value is -3.67. The first kappa shape index (κ1) is 20.6. The first-order chi connectivity index (χ1) is 14.8. The molecule has 0 saturated heterocycles. The number of aryl methyl sites for hydroxylation is 5. The normalized spacial score (nSPS) is 11.5. The van der Waals surface area contributed by atoms with E-state index < -0.39 is 0 Å². The lowest BCUT2D eigenvalue weighted by Crippen LogP contribution is -2.20. The van der Waals surface area contributed by atoms with E-state index in [2.05, 4.69) is 72.0 Å². The standard InChI is InChI=1S/C25H27N5O/c1-15-7-10-23-27-19(5)24(29(23)14-15)25(31)28-26-13-21-12-18(4)30(20(21)6)22-9-8-16(2)17(3)11-22/h7-14H,1-6H3,(H,28,31)/b26-13-. The Labute approximate surface area is 182 Å². The zero-order valence-electron chi connectivity index (χ0n) is 18.8. The van der Waals surface area contributed by atoms with Crippen LogP contribution in [0.3, 0.4) is 0 Å². The van der Waals surface area contributed by atoms with E-state index in [0.29, 0.717) is 11.4 Å². The third-order valence-corrected chi connectivity index (χ3v) is 5.74. The van der Waals surface area contributed by atoms with E-state index in [1.165, 1.54) is 11.1 Å². The molecule has 6 heteroatoms. The van der Waals surface area contributed by atoms with Crippen molar-refractivity contribution in [3.8, 4) is 5.69 Å². The second-order valence-corrected chi connectivity index (χ2v) is 8.11. The highest BCUT2D eigenvalue weighted by atomic mass is 16.2. The summed E-state index contributed by atoms with van der Waals surface area (Å²) in [5.74, 6) is -0.283. The summed E-state index contributed by atoms with van der Waals surface area (Å²) in [5.41, 5.74) is 12.4. The van der Waals surface area contributed by atoms with Crippen molar-refractivity contribution >= 4 is 17.8 Å². The van der Waals surface area contributed by atoms with E-state index in [9.17, 15) is 4.79 Å². The molecule has 1 amide bonds. The van der Waals surface area contributed by atoms with Crippen LogP contribution in [0, 0.1) is 41.5 Å². The van der Waals surface area contributed by atoms with Gasteiger partial charge in [0.1, 0.15) is 11.3 Å². The number of rotatable bonds is 4. The van der Waals surface area contributed by atoms with Crippen LogP contribution in [0.1, 0.15) is 49.8 Å². The minimum atomic E-state index is -0.283. The Bertz CT molecular complexity index is 1340. The molecule has 0 atom stereocenters. The summed E-state index contributed by atoms with van der Waals surface area (Å²) in [6.45, 7) is 12.2. The smallest absolute Gasteiger partial charge is 0.290 e. The molecule has 3 heterocycles. The lowest BCUT2D eigenvalue weighted by atomic mass is 10.1. The predicted molar refractivity (Wildman–Crippen MR) is 124 cm³/mol. The fraction of sp³-hybridized carbons (Fsp3) is 0.240. The fourth-order valence-corrected chi connectivity index (χ4v) is 3.94. The second kappa shape index (κ2) is 7.87. The summed E-state index contributed by atoms with van der Waals surface area (Å²) in [4.78, 5) is 17.3. The molecule has 4 rings (SSSR count). The SMILES string of the molecule is Cc1ccc2nc(C)c(C(=O)N/N=C\c3cc(C)n(-c4ccc(C)c(C)c4)c3C)n2c1. The van der Waals surface area contributed by atoms with Crippen LogP contribution in [0.15, 0.2) is 47.7 Å².